The number of hydrogen-bond donors (Lipinski definition) is 2. The van der Waals surface area contributed by atoms with Crippen LogP contribution in [0.1, 0.15) is 18.9 Å². The van der Waals surface area contributed by atoms with Gasteiger partial charge in [0, 0.05) is 24.5 Å². The second-order valence-corrected chi connectivity index (χ2v) is 5.07. The van der Waals surface area contributed by atoms with Crippen LogP contribution in [-0.2, 0) is 9.53 Å². The van der Waals surface area contributed by atoms with Crippen molar-refractivity contribution in [2.24, 2.45) is 0 Å². The van der Waals surface area contributed by atoms with Crippen molar-refractivity contribution >= 4 is 17.3 Å². The number of morpholine rings is 1. The molecule has 110 valence electrons. The molecule has 1 atom stereocenters. The first-order valence-corrected chi connectivity index (χ1v) is 7.12. The molecular formula is C15H23N3O2. The number of anilines is 2. The Bertz CT molecular complexity index is 476. The molecule has 5 nitrogen and oxygen atoms in total. The van der Waals surface area contributed by atoms with Gasteiger partial charge in [0.25, 0.3) is 0 Å². The SMILES string of the molecule is CCCNC(=O)C1COCCN1c1cccc(N)c1C. The first kappa shape index (κ1) is 14.7. The van der Waals surface area contributed by atoms with Gasteiger partial charge in [-0.1, -0.05) is 13.0 Å². The number of nitrogens with two attached hydrogens (primary N) is 1. The Morgan fingerprint density at radius 2 is 2.35 bits per heavy atom. The first-order chi connectivity index (χ1) is 9.65. The maximum Gasteiger partial charge on any atom is 0.245 e. The number of benzene rings is 1. The summed E-state index contributed by atoms with van der Waals surface area (Å²) in [6.45, 7) is 6.47. The number of nitrogen functional groups attached to an aromatic ring is 1. The highest BCUT2D eigenvalue weighted by molar-refractivity contribution is 5.86. The summed E-state index contributed by atoms with van der Waals surface area (Å²) in [6.07, 6.45) is 0.927. The lowest BCUT2D eigenvalue weighted by Gasteiger charge is -2.37. The lowest BCUT2D eigenvalue weighted by atomic mass is 10.1. The molecule has 1 saturated heterocycles. The van der Waals surface area contributed by atoms with Gasteiger partial charge in [-0.15, -0.1) is 0 Å². The number of amides is 1. The molecule has 0 saturated carbocycles. The van der Waals surface area contributed by atoms with E-state index < -0.39 is 0 Å². The Morgan fingerprint density at radius 3 is 3.10 bits per heavy atom. The van der Waals surface area contributed by atoms with Crippen LogP contribution in [0.2, 0.25) is 0 Å². The van der Waals surface area contributed by atoms with Gasteiger partial charge in [-0.3, -0.25) is 4.79 Å². The summed E-state index contributed by atoms with van der Waals surface area (Å²) in [5.41, 5.74) is 8.76. The van der Waals surface area contributed by atoms with E-state index in [2.05, 4.69) is 10.2 Å². The Kier molecular flexibility index (Phi) is 4.84. The Balaban J connectivity index is 2.22. The van der Waals surface area contributed by atoms with Gasteiger partial charge >= 0.3 is 0 Å². The number of hydrogen-bond acceptors (Lipinski definition) is 4. The molecule has 1 aliphatic heterocycles. The van der Waals surface area contributed by atoms with E-state index in [0.29, 0.717) is 26.3 Å². The zero-order chi connectivity index (χ0) is 14.5. The molecule has 5 heteroatoms. The van der Waals surface area contributed by atoms with Gasteiger partial charge in [0.2, 0.25) is 5.91 Å². The van der Waals surface area contributed by atoms with Crippen molar-refractivity contribution in [2.45, 2.75) is 26.3 Å². The van der Waals surface area contributed by atoms with Crippen molar-refractivity contribution in [3.63, 3.8) is 0 Å². The molecule has 1 amide bonds. The monoisotopic (exact) mass is 277 g/mol. The van der Waals surface area contributed by atoms with E-state index in [-0.39, 0.29) is 11.9 Å². The van der Waals surface area contributed by atoms with Crippen LogP contribution in [0.25, 0.3) is 0 Å². The highest BCUT2D eigenvalue weighted by Gasteiger charge is 2.30. The fourth-order valence-electron chi connectivity index (χ4n) is 2.43. The fraction of sp³-hybridized carbons (Fsp3) is 0.533. The summed E-state index contributed by atoms with van der Waals surface area (Å²) in [7, 11) is 0. The molecule has 1 fully saturated rings. The van der Waals surface area contributed by atoms with E-state index in [1.807, 2.05) is 32.0 Å². The second kappa shape index (κ2) is 6.61. The van der Waals surface area contributed by atoms with Crippen LogP contribution in [0.3, 0.4) is 0 Å². The van der Waals surface area contributed by atoms with Crippen LogP contribution in [0.15, 0.2) is 18.2 Å². The summed E-state index contributed by atoms with van der Waals surface area (Å²) < 4.78 is 5.47. The third kappa shape index (κ3) is 3.04. The molecule has 1 heterocycles. The van der Waals surface area contributed by atoms with Gasteiger partial charge in [-0.2, -0.15) is 0 Å². The number of nitrogens with zero attached hydrogens (tertiary/aromatic N) is 1. The van der Waals surface area contributed by atoms with E-state index in [9.17, 15) is 4.79 Å². The number of rotatable bonds is 4. The Morgan fingerprint density at radius 1 is 1.55 bits per heavy atom. The quantitative estimate of drug-likeness (QED) is 0.814. The summed E-state index contributed by atoms with van der Waals surface area (Å²) in [5.74, 6) is 0.0216. The third-order valence-electron chi connectivity index (χ3n) is 3.64. The molecule has 20 heavy (non-hydrogen) atoms. The minimum absolute atomic E-state index is 0.0216. The van der Waals surface area contributed by atoms with Gasteiger partial charge in [0.05, 0.1) is 13.2 Å². The average Bonchev–Trinajstić information content (AvgIpc) is 2.47. The van der Waals surface area contributed by atoms with Crippen LogP contribution in [0.5, 0.6) is 0 Å². The maximum atomic E-state index is 12.3. The van der Waals surface area contributed by atoms with Crippen molar-refractivity contribution in [3.05, 3.63) is 23.8 Å². The summed E-state index contributed by atoms with van der Waals surface area (Å²) in [6, 6.07) is 5.53. The molecule has 1 aromatic carbocycles. The average molecular weight is 277 g/mol. The van der Waals surface area contributed by atoms with E-state index in [1.54, 1.807) is 0 Å². The smallest absolute Gasteiger partial charge is 0.245 e. The van der Waals surface area contributed by atoms with Gasteiger partial charge in [0.1, 0.15) is 6.04 Å². The summed E-state index contributed by atoms with van der Waals surface area (Å²) in [5, 5.41) is 2.94. The molecule has 0 radical (unpaired) electrons. The minimum atomic E-state index is -0.282. The summed E-state index contributed by atoms with van der Waals surface area (Å²) >= 11 is 0. The predicted octanol–water partition coefficient (Wildman–Crippen LogP) is 1.31. The largest absolute Gasteiger partial charge is 0.398 e. The number of nitrogens with one attached hydrogen (secondary N) is 1. The summed E-state index contributed by atoms with van der Waals surface area (Å²) in [4.78, 5) is 14.4. The maximum absolute atomic E-state index is 12.3. The molecule has 1 aliphatic rings. The molecule has 1 aromatic rings. The van der Waals surface area contributed by atoms with Crippen molar-refractivity contribution in [1.82, 2.24) is 5.32 Å². The number of ether oxygens (including phenoxy) is 1. The molecular weight excluding hydrogens is 254 g/mol. The third-order valence-corrected chi connectivity index (χ3v) is 3.64. The van der Waals surface area contributed by atoms with Crippen molar-refractivity contribution < 1.29 is 9.53 Å². The lowest BCUT2D eigenvalue weighted by Crippen LogP contribution is -2.54. The van der Waals surface area contributed by atoms with E-state index in [0.717, 1.165) is 23.4 Å². The molecule has 1 unspecified atom stereocenters. The van der Waals surface area contributed by atoms with Gasteiger partial charge in [0.15, 0.2) is 0 Å². The highest BCUT2D eigenvalue weighted by Crippen LogP contribution is 2.27. The molecule has 3 N–H and O–H groups in total. The van der Waals surface area contributed by atoms with Crippen molar-refractivity contribution in [1.29, 1.82) is 0 Å². The van der Waals surface area contributed by atoms with Crippen molar-refractivity contribution in [3.8, 4) is 0 Å². The van der Waals surface area contributed by atoms with Crippen LogP contribution < -0.4 is 16.0 Å². The van der Waals surface area contributed by atoms with E-state index >= 15 is 0 Å². The molecule has 0 aliphatic carbocycles. The zero-order valence-corrected chi connectivity index (χ0v) is 12.2. The van der Waals surface area contributed by atoms with E-state index in [4.69, 9.17) is 10.5 Å². The molecule has 2 rings (SSSR count). The molecule has 0 spiro atoms. The van der Waals surface area contributed by atoms with E-state index in [1.165, 1.54) is 0 Å². The minimum Gasteiger partial charge on any atom is -0.398 e. The number of carbonyl (C=O) groups excluding carboxylic acids is 1. The Hall–Kier alpha value is -1.75. The van der Waals surface area contributed by atoms with Crippen LogP contribution >= 0.6 is 0 Å². The normalized spacial score (nSPS) is 18.9. The van der Waals surface area contributed by atoms with Crippen molar-refractivity contribution in [2.75, 3.05) is 36.9 Å². The van der Waals surface area contributed by atoms with Crippen LogP contribution in [0.4, 0.5) is 11.4 Å². The predicted molar refractivity (Wildman–Crippen MR) is 80.8 cm³/mol. The molecule has 0 bridgehead atoms. The fourth-order valence-corrected chi connectivity index (χ4v) is 2.43. The van der Waals surface area contributed by atoms with Crippen LogP contribution in [0, 0.1) is 6.92 Å². The topological polar surface area (TPSA) is 67.6 Å². The van der Waals surface area contributed by atoms with Gasteiger partial charge in [-0.25, -0.2) is 0 Å². The standard InChI is InChI=1S/C15H23N3O2/c1-3-7-17-15(19)14-10-20-9-8-18(14)13-6-4-5-12(16)11(13)2/h4-6,14H,3,7-10,16H2,1-2H3,(H,17,19). The number of carbonyl (C=O) groups is 1. The second-order valence-electron chi connectivity index (χ2n) is 5.07. The van der Waals surface area contributed by atoms with Crippen LogP contribution in [-0.4, -0.2) is 38.3 Å². The highest BCUT2D eigenvalue weighted by atomic mass is 16.5. The zero-order valence-electron chi connectivity index (χ0n) is 12.2. The Labute approximate surface area is 120 Å². The van der Waals surface area contributed by atoms with Gasteiger partial charge < -0.3 is 20.7 Å². The lowest BCUT2D eigenvalue weighted by molar-refractivity contribution is -0.124. The molecule has 0 aromatic heterocycles. The first-order valence-electron chi connectivity index (χ1n) is 7.12. The van der Waals surface area contributed by atoms with Gasteiger partial charge in [-0.05, 0) is 31.0 Å².